The van der Waals surface area contributed by atoms with Crippen LogP contribution in [0.3, 0.4) is 0 Å². The van der Waals surface area contributed by atoms with E-state index in [1.165, 1.54) is 11.6 Å². The molecule has 0 fully saturated rings. The average molecular weight is 459 g/mol. The fourth-order valence-corrected chi connectivity index (χ4v) is 2.80. The molecule has 6 heteroatoms. The molecule has 3 N–H and O–H groups in total. The molecule has 0 unspecified atom stereocenters. The number of nitrogens with one attached hydrogen (secondary N) is 1. The van der Waals surface area contributed by atoms with Crippen molar-refractivity contribution in [1.82, 2.24) is 0 Å². The molecular weight excluding hydrogens is 436 g/mol. The molecule has 0 radical (unpaired) electrons. The van der Waals surface area contributed by atoms with Crippen molar-refractivity contribution in [2.24, 2.45) is 10.7 Å². The monoisotopic (exact) mass is 459 g/mol. The summed E-state index contributed by atoms with van der Waals surface area (Å²) in [5, 5.41) is 3.07. The second kappa shape index (κ2) is 10.6. The number of halogens is 2. The van der Waals surface area contributed by atoms with E-state index in [1.807, 2.05) is 18.4 Å². The van der Waals surface area contributed by atoms with Gasteiger partial charge in [0.25, 0.3) is 0 Å². The largest absolute Gasteiger partial charge is 0.370 e. The number of guanidine groups is 1. The highest BCUT2D eigenvalue weighted by Gasteiger charge is 2.04. The number of hydrogen-bond acceptors (Lipinski definition) is 2. The molecule has 0 heterocycles. The van der Waals surface area contributed by atoms with Gasteiger partial charge in [-0.3, -0.25) is 0 Å². The molecule has 0 aliphatic heterocycles. The predicted molar refractivity (Wildman–Crippen MR) is 114 cm³/mol. The standard InChI is InChI=1S/C18H22FN3S.HI/c1-3-13-4-8-17(9-5-13)22-18(20)21-11-14-6-7-16(19)10-15(14)12-23-2;/h4-10H,3,11-12H2,1-2H3,(H3,20,21,22);1H. The summed E-state index contributed by atoms with van der Waals surface area (Å²) in [5.41, 5.74) is 10.1. The lowest BCUT2D eigenvalue weighted by Crippen LogP contribution is -2.22. The van der Waals surface area contributed by atoms with Crippen LogP contribution in [0.15, 0.2) is 47.5 Å². The van der Waals surface area contributed by atoms with Crippen LogP contribution < -0.4 is 11.1 Å². The van der Waals surface area contributed by atoms with Gasteiger partial charge in [0.15, 0.2) is 5.96 Å². The number of anilines is 1. The quantitative estimate of drug-likeness (QED) is 0.371. The zero-order valence-electron chi connectivity index (χ0n) is 13.9. The first-order chi connectivity index (χ1) is 11.1. The molecule has 0 aliphatic rings. The molecule has 24 heavy (non-hydrogen) atoms. The van der Waals surface area contributed by atoms with Gasteiger partial charge in [-0.2, -0.15) is 11.8 Å². The Kier molecular flexibility index (Phi) is 9.13. The van der Waals surface area contributed by atoms with E-state index in [4.69, 9.17) is 5.73 Å². The third-order valence-electron chi connectivity index (χ3n) is 3.52. The molecule has 2 rings (SSSR count). The van der Waals surface area contributed by atoms with Crippen LogP contribution in [0.5, 0.6) is 0 Å². The molecule has 0 amide bonds. The van der Waals surface area contributed by atoms with Gasteiger partial charge in [-0.05, 0) is 53.6 Å². The van der Waals surface area contributed by atoms with Gasteiger partial charge >= 0.3 is 0 Å². The molecule has 2 aromatic rings. The van der Waals surface area contributed by atoms with Gasteiger partial charge in [0.05, 0.1) is 6.54 Å². The summed E-state index contributed by atoms with van der Waals surface area (Å²) in [6, 6.07) is 12.9. The van der Waals surface area contributed by atoms with Crippen LogP contribution >= 0.6 is 35.7 Å². The minimum atomic E-state index is -0.219. The van der Waals surface area contributed by atoms with Crippen molar-refractivity contribution in [3.05, 3.63) is 65.0 Å². The lowest BCUT2D eigenvalue weighted by atomic mass is 10.1. The predicted octanol–water partition coefficient (Wildman–Crippen LogP) is 4.80. The van der Waals surface area contributed by atoms with Crippen LogP contribution in [0.25, 0.3) is 0 Å². The number of rotatable bonds is 6. The highest BCUT2D eigenvalue weighted by molar-refractivity contribution is 14.0. The maximum absolute atomic E-state index is 13.3. The Bertz CT molecular complexity index is 674. The van der Waals surface area contributed by atoms with Gasteiger partial charge in [-0.1, -0.05) is 25.1 Å². The first-order valence-electron chi connectivity index (χ1n) is 7.54. The minimum Gasteiger partial charge on any atom is -0.370 e. The van der Waals surface area contributed by atoms with Crippen molar-refractivity contribution in [1.29, 1.82) is 0 Å². The Morgan fingerprint density at radius 2 is 1.88 bits per heavy atom. The Hall–Kier alpha value is -1.28. The first-order valence-corrected chi connectivity index (χ1v) is 8.94. The van der Waals surface area contributed by atoms with Crippen LogP contribution in [-0.2, 0) is 18.7 Å². The van der Waals surface area contributed by atoms with E-state index in [2.05, 4.69) is 29.4 Å². The number of hydrogen-bond donors (Lipinski definition) is 2. The van der Waals surface area contributed by atoms with E-state index in [0.29, 0.717) is 12.5 Å². The van der Waals surface area contributed by atoms with Crippen LogP contribution in [-0.4, -0.2) is 12.2 Å². The maximum Gasteiger partial charge on any atom is 0.193 e. The molecule has 0 aliphatic carbocycles. The van der Waals surface area contributed by atoms with Crippen molar-refractivity contribution in [2.45, 2.75) is 25.6 Å². The number of aliphatic imine (C=N–C) groups is 1. The highest BCUT2D eigenvalue weighted by atomic mass is 127. The van der Waals surface area contributed by atoms with Crippen molar-refractivity contribution in [3.63, 3.8) is 0 Å². The third-order valence-corrected chi connectivity index (χ3v) is 4.12. The van der Waals surface area contributed by atoms with Gasteiger partial charge in [0.1, 0.15) is 5.82 Å². The van der Waals surface area contributed by atoms with Crippen LogP contribution in [0.1, 0.15) is 23.6 Å². The minimum absolute atomic E-state index is 0. The zero-order valence-corrected chi connectivity index (χ0v) is 17.0. The lowest BCUT2D eigenvalue weighted by molar-refractivity contribution is 0.625. The summed E-state index contributed by atoms with van der Waals surface area (Å²) in [6.45, 7) is 2.55. The van der Waals surface area contributed by atoms with E-state index in [-0.39, 0.29) is 29.8 Å². The lowest BCUT2D eigenvalue weighted by Gasteiger charge is -2.09. The molecule has 3 nitrogen and oxygen atoms in total. The smallest absolute Gasteiger partial charge is 0.193 e. The highest BCUT2D eigenvalue weighted by Crippen LogP contribution is 2.17. The van der Waals surface area contributed by atoms with Crippen LogP contribution in [0.2, 0.25) is 0 Å². The number of nitrogens with two attached hydrogens (primary N) is 1. The SMILES string of the molecule is CCc1ccc(NC(N)=NCc2ccc(F)cc2CSC)cc1.I. The summed E-state index contributed by atoms with van der Waals surface area (Å²) in [7, 11) is 0. The Labute approximate surface area is 164 Å². The zero-order chi connectivity index (χ0) is 16.7. The average Bonchev–Trinajstić information content (AvgIpc) is 2.55. The molecule has 0 saturated carbocycles. The van der Waals surface area contributed by atoms with E-state index >= 15 is 0 Å². The second-order valence-corrected chi connectivity index (χ2v) is 6.09. The summed E-state index contributed by atoms with van der Waals surface area (Å²) >= 11 is 1.66. The normalized spacial score (nSPS) is 11.0. The summed E-state index contributed by atoms with van der Waals surface area (Å²) < 4.78 is 13.3. The Balaban J connectivity index is 0.00000288. The molecular formula is C18H23FIN3S. The molecule has 0 bridgehead atoms. The Morgan fingerprint density at radius 3 is 2.50 bits per heavy atom. The summed E-state index contributed by atoms with van der Waals surface area (Å²) in [5.74, 6) is 0.895. The number of benzene rings is 2. The topological polar surface area (TPSA) is 50.4 Å². The van der Waals surface area contributed by atoms with Crippen molar-refractivity contribution >= 4 is 47.4 Å². The van der Waals surface area contributed by atoms with Gasteiger partial charge in [0, 0.05) is 11.4 Å². The van der Waals surface area contributed by atoms with Gasteiger partial charge in [-0.15, -0.1) is 24.0 Å². The summed E-state index contributed by atoms with van der Waals surface area (Å²) in [4.78, 5) is 4.36. The maximum atomic E-state index is 13.3. The Morgan fingerprint density at radius 1 is 1.17 bits per heavy atom. The van der Waals surface area contributed by atoms with Crippen LogP contribution in [0.4, 0.5) is 10.1 Å². The molecule has 0 aromatic heterocycles. The van der Waals surface area contributed by atoms with Crippen molar-refractivity contribution in [2.75, 3.05) is 11.6 Å². The number of nitrogens with zero attached hydrogens (tertiary/aromatic N) is 1. The fourth-order valence-electron chi connectivity index (χ4n) is 2.22. The van der Waals surface area contributed by atoms with E-state index in [9.17, 15) is 4.39 Å². The molecule has 0 spiro atoms. The molecule has 0 atom stereocenters. The first kappa shape index (κ1) is 20.8. The number of aryl methyl sites for hydroxylation is 1. The van der Waals surface area contributed by atoms with Gasteiger partial charge in [-0.25, -0.2) is 9.38 Å². The third kappa shape index (κ3) is 6.32. The van der Waals surface area contributed by atoms with Crippen molar-refractivity contribution < 1.29 is 4.39 Å². The van der Waals surface area contributed by atoms with Gasteiger partial charge < -0.3 is 11.1 Å². The molecule has 2 aromatic carbocycles. The van der Waals surface area contributed by atoms with Gasteiger partial charge in [0.2, 0.25) is 0 Å². The second-order valence-electron chi connectivity index (χ2n) is 5.22. The fraction of sp³-hybridized carbons (Fsp3) is 0.278. The van der Waals surface area contributed by atoms with E-state index in [0.717, 1.165) is 29.0 Å². The van der Waals surface area contributed by atoms with Crippen LogP contribution in [0, 0.1) is 5.82 Å². The molecule has 130 valence electrons. The molecule has 0 saturated heterocycles. The number of thioether (sulfide) groups is 1. The van der Waals surface area contributed by atoms with E-state index < -0.39 is 0 Å². The van der Waals surface area contributed by atoms with Crippen molar-refractivity contribution in [3.8, 4) is 0 Å². The van der Waals surface area contributed by atoms with E-state index in [1.54, 1.807) is 23.9 Å². The summed E-state index contributed by atoms with van der Waals surface area (Å²) in [6.07, 6.45) is 3.00.